The predicted octanol–water partition coefficient (Wildman–Crippen LogP) is 3.46. The minimum Gasteiger partial charge on any atom is -0.491 e. The molecule has 2 unspecified atom stereocenters. The summed E-state index contributed by atoms with van der Waals surface area (Å²) in [5.41, 5.74) is 1.78. The van der Waals surface area contributed by atoms with E-state index in [-0.39, 0.29) is 12.1 Å². The Bertz CT molecular complexity index is 519. The molecule has 2 rings (SSSR count). The number of rotatable bonds is 6. The summed E-state index contributed by atoms with van der Waals surface area (Å²) in [5.74, 6) is 1.06. The van der Waals surface area contributed by atoms with Gasteiger partial charge in [0.1, 0.15) is 5.75 Å². The van der Waals surface area contributed by atoms with Crippen molar-refractivity contribution in [1.29, 1.82) is 0 Å². The van der Waals surface area contributed by atoms with Gasteiger partial charge in [-0.15, -0.1) is 0 Å². The van der Waals surface area contributed by atoms with Gasteiger partial charge in [-0.2, -0.15) is 0 Å². The Morgan fingerprint density at radius 2 is 2.22 bits per heavy atom. The summed E-state index contributed by atoms with van der Waals surface area (Å²) in [6.07, 6.45) is 4.45. The number of hydrogen-bond acceptors (Lipinski definition) is 3. The van der Waals surface area contributed by atoms with Crippen molar-refractivity contribution in [3.63, 3.8) is 0 Å². The molecule has 0 heterocycles. The van der Waals surface area contributed by atoms with Crippen molar-refractivity contribution in [2.75, 3.05) is 18.5 Å². The van der Waals surface area contributed by atoms with Crippen molar-refractivity contribution in [1.82, 2.24) is 5.32 Å². The third-order valence-corrected chi connectivity index (χ3v) is 4.15. The lowest BCUT2D eigenvalue weighted by molar-refractivity contribution is 0.101. The van der Waals surface area contributed by atoms with Crippen LogP contribution in [-0.2, 0) is 0 Å². The smallest absolute Gasteiger partial charge is 0.319 e. The van der Waals surface area contributed by atoms with Crippen molar-refractivity contribution in [2.24, 2.45) is 5.92 Å². The van der Waals surface area contributed by atoms with Gasteiger partial charge in [0.25, 0.3) is 0 Å². The Morgan fingerprint density at radius 1 is 1.39 bits per heavy atom. The van der Waals surface area contributed by atoms with Gasteiger partial charge in [0.2, 0.25) is 0 Å². The molecule has 1 aromatic rings. The molecule has 0 aliphatic heterocycles. The third-order valence-electron chi connectivity index (χ3n) is 4.15. The standard InChI is InChI=1S/C18H28N2O3/c1-3-9-23-17-10-13(2)7-8-16(17)20-18(22)19-12-14-5-4-6-15(21)11-14/h7-8,10,14-15,21H,3-6,9,11-12H2,1-2H3,(H2,19,20,22). The van der Waals surface area contributed by atoms with Crippen LogP contribution in [0.1, 0.15) is 44.6 Å². The predicted molar refractivity (Wildman–Crippen MR) is 92.0 cm³/mol. The molecule has 1 aromatic carbocycles. The summed E-state index contributed by atoms with van der Waals surface area (Å²) in [6.45, 7) is 5.27. The fourth-order valence-corrected chi connectivity index (χ4v) is 2.92. The summed E-state index contributed by atoms with van der Waals surface area (Å²) in [6, 6.07) is 5.52. The molecule has 5 nitrogen and oxygen atoms in total. The Morgan fingerprint density at radius 3 is 2.96 bits per heavy atom. The molecule has 0 aromatic heterocycles. The van der Waals surface area contributed by atoms with E-state index in [9.17, 15) is 9.90 Å². The first-order chi connectivity index (χ1) is 11.1. The zero-order chi connectivity index (χ0) is 16.7. The highest BCUT2D eigenvalue weighted by molar-refractivity contribution is 5.90. The lowest BCUT2D eigenvalue weighted by Gasteiger charge is -2.26. The highest BCUT2D eigenvalue weighted by atomic mass is 16.5. The Kier molecular flexibility index (Phi) is 6.71. The molecule has 128 valence electrons. The van der Waals surface area contributed by atoms with Crippen molar-refractivity contribution in [2.45, 2.75) is 52.1 Å². The molecule has 0 saturated heterocycles. The number of hydrogen-bond donors (Lipinski definition) is 3. The van der Waals surface area contributed by atoms with Gasteiger partial charge in [-0.1, -0.05) is 19.4 Å². The maximum atomic E-state index is 12.1. The highest BCUT2D eigenvalue weighted by Crippen LogP contribution is 2.26. The number of aliphatic hydroxyl groups excluding tert-OH is 1. The number of urea groups is 1. The van der Waals surface area contributed by atoms with E-state index < -0.39 is 0 Å². The second-order valence-electron chi connectivity index (χ2n) is 6.37. The molecular weight excluding hydrogens is 292 g/mol. The average Bonchev–Trinajstić information content (AvgIpc) is 2.53. The second-order valence-corrected chi connectivity index (χ2v) is 6.37. The number of carbonyl (C=O) groups is 1. The molecule has 3 N–H and O–H groups in total. The topological polar surface area (TPSA) is 70.6 Å². The van der Waals surface area contributed by atoms with Crippen LogP contribution >= 0.6 is 0 Å². The first-order valence-electron chi connectivity index (χ1n) is 8.55. The van der Waals surface area contributed by atoms with Gasteiger partial charge in [0.05, 0.1) is 18.4 Å². The van der Waals surface area contributed by atoms with E-state index in [1.165, 1.54) is 0 Å². The van der Waals surface area contributed by atoms with Gasteiger partial charge >= 0.3 is 6.03 Å². The Labute approximate surface area is 138 Å². The van der Waals surface area contributed by atoms with Gasteiger partial charge in [0.15, 0.2) is 0 Å². The van der Waals surface area contributed by atoms with Crippen molar-refractivity contribution in [3.05, 3.63) is 23.8 Å². The minimum absolute atomic E-state index is 0.218. The molecule has 0 radical (unpaired) electrons. The molecule has 1 saturated carbocycles. The van der Waals surface area contributed by atoms with Gasteiger partial charge in [0, 0.05) is 6.54 Å². The Balaban J connectivity index is 1.86. The molecule has 1 fully saturated rings. The molecule has 0 spiro atoms. The molecule has 1 aliphatic carbocycles. The van der Waals surface area contributed by atoms with E-state index in [1.807, 2.05) is 32.0 Å². The summed E-state index contributed by atoms with van der Waals surface area (Å²) in [7, 11) is 0. The Hall–Kier alpha value is -1.75. The summed E-state index contributed by atoms with van der Waals surface area (Å²) >= 11 is 0. The van der Waals surface area contributed by atoms with Crippen LogP contribution in [0.15, 0.2) is 18.2 Å². The van der Waals surface area contributed by atoms with Crippen LogP contribution in [0.4, 0.5) is 10.5 Å². The van der Waals surface area contributed by atoms with E-state index in [4.69, 9.17) is 4.74 Å². The van der Waals surface area contributed by atoms with Gasteiger partial charge in [-0.05, 0) is 56.2 Å². The first kappa shape index (κ1) is 17.6. The van der Waals surface area contributed by atoms with E-state index in [1.54, 1.807) is 0 Å². The SMILES string of the molecule is CCCOc1cc(C)ccc1NC(=O)NCC1CCCC(O)C1. The molecule has 2 atom stereocenters. The summed E-state index contributed by atoms with van der Waals surface area (Å²) < 4.78 is 5.70. The van der Waals surface area contributed by atoms with Crippen LogP contribution in [0.5, 0.6) is 5.75 Å². The number of carbonyl (C=O) groups excluding carboxylic acids is 1. The average molecular weight is 320 g/mol. The van der Waals surface area contributed by atoms with E-state index >= 15 is 0 Å². The van der Waals surface area contributed by atoms with Gasteiger partial charge in [-0.25, -0.2) is 4.79 Å². The molecule has 23 heavy (non-hydrogen) atoms. The van der Waals surface area contributed by atoms with Crippen LogP contribution in [0.3, 0.4) is 0 Å². The first-order valence-corrected chi connectivity index (χ1v) is 8.55. The quantitative estimate of drug-likeness (QED) is 0.752. The number of aliphatic hydroxyl groups is 1. The van der Waals surface area contributed by atoms with Crippen molar-refractivity contribution < 1.29 is 14.6 Å². The van der Waals surface area contributed by atoms with Gasteiger partial charge in [-0.3, -0.25) is 0 Å². The zero-order valence-electron chi connectivity index (χ0n) is 14.1. The lowest BCUT2D eigenvalue weighted by atomic mass is 9.87. The fourth-order valence-electron chi connectivity index (χ4n) is 2.92. The third kappa shape index (κ3) is 5.75. The molecular formula is C18H28N2O3. The molecule has 1 aliphatic rings. The molecule has 5 heteroatoms. The van der Waals surface area contributed by atoms with E-state index in [0.717, 1.165) is 37.7 Å². The van der Waals surface area contributed by atoms with Crippen LogP contribution < -0.4 is 15.4 Å². The minimum atomic E-state index is -0.227. The number of amides is 2. The van der Waals surface area contributed by atoms with Crippen LogP contribution in [0.2, 0.25) is 0 Å². The van der Waals surface area contributed by atoms with Gasteiger partial charge < -0.3 is 20.5 Å². The van der Waals surface area contributed by atoms with Crippen LogP contribution in [-0.4, -0.2) is 30.4 Å². The fraction of sp³-hybridized carbons (Fsp3) is 0.611. The zero-order valence-corrected chi connectivity index (χ0v) is 14.1. The maximum absolute atomic E-state index is 12.1. The second kappa shape index (κ2) is 8.77. The lowest BCUT2D eigenvalue weighted by Crippen LogP contribution is -2.35. The number of aryl methyl sites for hydroxylation is 1. The number of nitrogens with one attached hydrogen (secondary N) is 2. The van der Waals surface area contributed by atoms with E-state index in [0.29, 0.717) is 30.5 Å². The highest BCUT2D eigenvalue weighted by Gasteiger charge is 2.20. The molecule has 0 bridgehead atoms. The van der Waals surface area contributed by atoms with Crippen LogP contribution in [0, 0.1) is 12.8 Å². The van der Waals surface area contributed by atoms with Crippen molar-refractivity contribution >= 4 is 11.7 Å². The van der Waals surface area contributed by atoms with Crippen LogP contribution in [0.25, 0.3) is 0 Å². The summed E-state index contributed by atoms with van der Waals surface area (Å²) in [4.78, 5) is 12.1. The molecule has 2 amide bonds. The maximum Gasteiger partial charge on any atom is 0.319 e. The number of ether oxygens (including phenoxy) is 1. The normalized spacial score (nSPS) is 20.8. The monoisotopic (exact) mass is 320 g/mol. The van der Waals surface area contributed by atoms with E-state index in [2.05, 4.69) is 10.6 Å². The summed E-state index contributed by atoms with van der Waals surface area (Å²) in [5, 5.41) is 15.4. The number of benzene rings is 1. The van der Waals surface area contributed by atoms with Crippen molar-refractivity contribution in [3.8, 4) is 5.75 Å². The largest absolute Gasteiger partial charge is 0.491 e. The number of anilines is 1.